The number of carbonyl (C=O) groups is 3. The number of nitrogens with two attached hydrogens (primary N) is 1. The molecule has 218 valence electrons. The average molecular weight is 534 g/mol. The maximum atomic E-state index is 13.4. The molecule has 0 atom stereocenters. The van der Waals surface area contributed by atoms with Crippen molar-refractivity contribution in [3.8, 4) is 0 Å². The van der Waals surface area contributed by atoms with Gasteiger partial charge in [0, 0.05) is 58.9 Å². The molecule has 0 unspecified atom stereocenters. The van der Waals surface area contributed by atoms with Gasteiger partial charge < -0.3 is 41.2 Å². The van der Waals surface area contributed by atoms with Gasteiger partial charge in [-0.2, -0.15) is 14.4 Å². The van der Waals surface area contributed by atoms with Gasteiger partial charge in [0.2, 0.25) is 0 Å². The largest absolute Gasteiger partial charge is 0.538 e. The second-order valence-electron chi connectivity index (χ2n) is 11.8. The first-order valence-electron chi connectivity index (χ1n) is 13.1. The molecule has 0 fully saturated rings. The predicted molar refractivity (Wildman–Crippen MR) is 144 cm³/mol. The highest BCUT2D eigenvalue weighted by molar-refractivity contribution is 5.90. The zero-order chi connectivity index (χ0) is 28.8. The molecular weight excluding hydrogens is 480 g/mol. The van der Waals surface area contributed by atoms with Gasteiger partial charge in [0.25, 0.3) is 0 Å². The first kappa shape index (κ1) is 35.2. The van der Waals surface area contributed by atoms with Gasteiger partial charge in [0.1, 0.15) is 23.3 Å². The summed E-state index contributed by atoms with van der Waals surface area (Å²) in [7, 11) is 0. The van der Waals surface area contributed by atoms with E-state index in [9.17, 15) is 14.4 Å². The Kier molecular flexibility index (Phi) is 15.4. The first-order chi connectivity index (χ1) is 16.9. The van der Waals surface area contributed by atoms with Crippen LogP contribution in [0.4, 0.5) is 14.4 Å². The van der Waals surface area contributed by atoms with E-state index in [-0.39, 0.29) is 13.1 Å². The van der Waals surface area contributed by atoms with E-state index < -0.39 is 39.6 Å². The number of nitrogens with zero attached hydrogens (tertiary/aromatic N) is 1. The number of nitrogens with one attached hydrogen (secondary N) is 4. The summed E-state index contributed by atoms with van der Waals surface area (Å²) in [6.45, 7) is 20.9. The Morgan fingerprint density at radius 1 is 0.541 bits per heavy atom. The molecule has 0 saturated heterocycles. The van der Waals surface area contributed by atoms with Gasteiger partial charge in [-0.3, -0.25) is 0 Å². The van der Waals surface area contributed by atoms with Gasteiger partial charge in [-0.05, 0) is 66.8 Å². The van der Waals surface area contributed by atoms with Gasteiger partial charge >= 0.3 is 18.3 Å². The summed E-state index contributed by atoms with van der Waals surface area (Å²) in [5.41, 5.74) is 2.63. The van der Waals surface area contributed by atoms with Gasteiger partial charge in [-0.25, -0.2) is 0 Å². The Balaban J connectivity index is 5.20. The van der Waals surface area contributed by atoms with Crippen molar-refractivity contribution in [3.63, 3.8) is 0 Å². The second-order valence-corrected chi connectivity index (χ2v) is 11.8. The highest BCUT2D eigenvalue weighted by atomic mass is 16.6. The Hall–Kier alpha value is -1.83. The number of hydrogen-bond acceptors (Lipinski definition) is 11. The Morgan fingerprint density at radius 2 is 0.811 bits per heavy atom. The van der Waals surface area contributed by atoms with E-state index in [1.807, 2.05) is 0 Å². The maximum absolute atomic E-state index is 13.4. The lowest BCUT2D eigenvalue weighted by Crippen LogP contribution is -2.65. The third-order valence-electron chi connectivity index (χ3n) is 4.50. The Labute approximate surface area is 223 Å². The molecule has 0 rings (SSSR count). The monoisotopic (exact) mass is 533 g/mol. The average Bonchev–Trinajstić information content (AvgIpc) is 2.70. The Bertz CT molecular complexity index is 628. The van der Waals surface area contributed by atoms with Crippen LogP contribution in [0.3, 0.4) is 0 Å². The van der Waals surface area contributed by atoms with Crippen LogP contribution in [-0.2, 0) is 14.2 Å². The van der Waals surface area contributed by atoms with E-state index in [0.717, 1.165) is 32.7 Å². The number of quaternary nitrogens is 1. The molecule has 37 heavy (non-hydrogen) atoms. The molecule has 0 bridgehead atoms. The summed E-state index contributed by atoms with van der Waals surface area (Å²) in [6, 6.07) is 0. The van der Waals surface area contributed by atoms with Gasteiger partial charge in [-0.15, -0.1) is 0 Å². The quantitative estimate of drug-likeness (QED) is 0.126. The van der Waals surface area contributed by atoms with Crippen molar-refractivity contribution in [3.05, 3.63) is 0 Å². The predicted octanol–water partition coefficient (Wildman–Crippen LogP) is 1.93. The minimum absolute atomic E-state index is 0.171. The second kappa shape index (κ2) is 16.2. The lowest BCUT2D eigenvalue weighted by Gasteiger charge is -2.33. The van der Waals surface area contributed by atoms with Crippen molar-refractivity contribution in [2.45, 2.75) is 79.1 Å². The lowest BCUT2D eigenvalue weighted by atomic mass is 10.2. The maximum Gasteiger partial charge on any atom is 0.538 e. The van der Waals surface area contributed by atoms with E-state index in [4.69, 9.17) is 19.9 Å². The van der Waals surface area contributed by atoms with E-state index in [1.165, 1.54) is 0 Å². The van der Waals surface area contributed by atoms with Crippen LogP contribution in [0.5, 0.6) is 0 Å². The minimum Gasteiger partial charge on any atom is -0.413 e. The summed E-state index contributed by atoms with van der Waals surface area (Å²) < 4.78 is 15.2. The summed E-state index contributed by atoms with van der Waals surface area (Å²) in [6.07, 6.45) is -3.12. The lowest BCUT2D eigenvalue weighted by molar-refractivity contribution is -0.714. The highest BCUT2D eigenvalue weighted by Gasteiger charge is 2.60. The van der Waals surface area contributed by atoms with Crippen LogP contribution in [0.1, 0.15) is 62.3 Å². The van der Waals surface area contributed by atoms with Gasteiger partial charge in [0.15, 0.2) is 0 Å². The highest BCUT2D eigenvalue weighted by Crippen LogP contribution is 2.25. The van der Waals surface area contributed by atoms with E-state index in [1.54, 1.807) is 62.3 Å². The normalized spacial score (nSPS) is 12.8. The zero-order valence-corrected chi connectivity index (χ0v) is 24.5. The molecule has 0 radical (unpaired) electrons. The Morgan fingerprint density at radius 3 is 1.08 bits per heavy atom. The van der Waals surface area contributed by atoms with Crippen LogP contribution in [0, 0.1) is 0 Å². The number of rotatable bonds is 14. The van der Waals surface area contributed by atoms with Crippen LogP contribution < -0.4 is 27.0 Å². The summed E-state index contributed by atoms with van der Waals surface area (Å²) in [4.78, 5) is 40.1. The SMILES string of the molecule is CC(C)(C)OC(=O)[N+](CCNCCNCCNCCNCCN)(C(=O)OC(C)(C)C)C(=O)OC(C)(C)C. The number of hydrogen-bond donors (Lipinski definition) is 5. The molecule has 6 N–H and O–H groups in total. The molecule has 0 spiro atoms. The van der Waals surface area contributed by atoms with Crippen LogP contribution >= 0.6 is 0 Å². The van der Waals surface area contributed by atoms with Crippen molar-refractivity contribution in [2.24, 2.45) is 5.73 Å². The van der Waals surface area contributed by atoms with E-state index in [0.29, 0.717) is 19.6 Å². The molecule has 0 aromatic rings. The molecule has 0 aliphatic carbocycles. The zero-order valence-electron chi connectivity index (χ0n) is 24.5. The fourth-order valence-corrected chi connectivity index (χ4v) is 2.90. The van der Waals surface area contributed by atoms with Crippen LogP contribution in [0.2, 0.25) is 0 Å². The van der Waals surface area contributed by atoms with Crippen molar-refractivity contribution >= 4 is 18.3 Å². The molecule has 0 aromatic heterocycles. The van der Waals surface area contributed by atoms with Crippen LogP contribution in [0.25, 0.3) is 0 Å². The number of amides is 3. The van der Waals surface area contributed by atoms with E-state index in [2.05, 4.69) is 21.3 Å². The van der Waals surface area contributed by atoms with Crippen molar-refractivity contribution < 1.29 is 33.1 Å². The number of ether oxygens (including phenoxy) is 3. The first-order valence-corrected chi connectivity index (χ1v) is 13.1. The minimum atomic E-state index is -1.37. The van der Waals surface area contributed by atoms with Crippen LogP contribution in [0.15, 0.2) is 0 Å². The molecule has 0 saturated carbocycles. The molecule has 12 nitrogen and oxygen atoms in total. The van der Waals surface area contributed by atoms with Gasteiger partial charge in [0.05, 0.1) is 0 Å². The molecule has 0 heterocycles. The fraction of sp³-hybridized carbons (Fsp3) is 0.880. The van der Waals surface area contributed by atoms with E-state index >= 15 is 0 Å². The number of imide groups is 3. The molecule has 3 amide bonds. The van der Waals surface area contributed by atoms with Crippen molar-refractivity contribution in [1.82, 2.24) is 21.3 Å². The van der Waals surface area contributed by atoms with Crippen molar-refractivity contribution in [2.75, 3.05) is 65.4 Å². The summed E-state index contributed by atoms with van der Waals surface area (Å²) in [5.74, 6) is 0. The van der Waals surface area contributed by atoms with Crippen LogP contribution in [-0.4, -0.2) is 105 Å². The third kappa shape index (κ3) is 15.9. The molecule has 0 aromatic carbocycles. The fourth-order valence-electron chi connectivity index (χ4n) is 2.90. The molecule has 0 aliphatic heterocycles. The molecule has 0 aliphatic rings. The summed E-state index contributed by atoms with van der Waals surface area (Å²) in [5, 5.41) is 13.0. The smallest absolute Gasteiger partial charge is 0.413 e. The third-order valence-corrected chi connectivity index (χ3v) is 4.50. The standard InChI is InChI=1S/C25H53N6O6/c1-23(2,3)35-20(32)31(21(33)36-24(4,5)6,22(34)37-25(7,8)9)19-18-30-17-16-29-15-14-28-13-12-27-11-10-26/h27-30H,10-19,26H2,1-9H3/q+1. The molecular formula is C25H53N6O6+. The van der Waals surface area contributed by atoms with Gasteiger partial charge in [-0.1, -0.05) is 0 Å². The summed E-state index contributed by atoms with van der Waals surface area (Å²) >= 11 is 0. The van der Waals surface area contributed by atoms with Crippen molar-refractivity contribution in [1.29, 1.82) is 0 Å². The number of carbonyl (C=O) groups excluding carboxylic acids is 3. The molecule has 12 heteroatoms. The topological polar surface area (TPSA) is 153 Å².